The molecule has 1 unspecified atom stereocenters. The molecular weight excluding hydrogens is 152 g/mol. The van der Waals surface area contributed by atoms with Crippen LogP contribution < -0.4 is 0 Å². The van der Waals surface area contributed by atoms with Gasteiger partial charge in [-0.05, 0) is 24.2 Å². The summed E-state index contributed by atoms with van der Waals surface area (Å²) in [4.78, 5) is 8.36. The van der Waals surface area contributed by atoms with Crippen molar-refractivity contribution in [2.75, 3.05) is 0 Å². The van der Waals surface area contributed by atoms with E-state index in [4.69, 9.17) is 9.90 Å². The predicted molar refractivity (Wildman–Crippen MR) is 50.0 cm³/mol. The van der Waals surface area contributed by atoms with E-state index in [1.54, 1.807) is 0 Å². The molecule has 2 heteroatoms. The van der Waals surface area contributed by atoms with Crippen LogP contribution in [-0.4, -0.2) is 11.6 Å². The number of allylic oxidation sites excluding steroid dienone is 2. The molecule has 2 nitrogen and oxygen atoms in total. The normalized spacial score (nSPS) is 20.4. The molecule has 70 valence electrons. The van der Waals surface area contributed by atoms with Crippen LogP contribution in [0.1, 0.15) is 33.6 Å². The minimum atomic E-state index is -0.250. The molecule has 1 atom stereocenters. The average Bonchev–Trinajstić information content (AvgIpc) is 1.79. The van der Waals surface area contributed by atoms with Gasteiger partial charge >= 0.3 is 0 Å². The third-order valence-electron chi connectivity index (χ3n) is 1.72. The summed E-state index contributed by atoms with van der Waals surface area (Å²) in [6.07, 6.45) is 7.25. The Labute approximate surface area is 74.3 Å². The third-order valence-corrected chi connectivity index (χ3v) is 1.72. The second-order valence-corrected chi connectivity index (χ2v) is 4.29. The monoisotopic (exact) mass is 170 g/mol. The molecule has 0 heterocycles. The zero-order valence-electron chi connectivity index (χ0n) is 8.08. The minimum Gasteiger partial charge on any atom is -0.483 e. The molecule has 0 fully saturated rings. The molecule has 0 saturated heterocycles. The number of hydrogen-bond donors (Lipinski definition) is 1. The van der Waals surface area contributed by atoms with Crippen molar-refractivity contribution in [3.8, 4) is 0 Å². The first-order valence-electron chi connectivity index (χ1n) is 4.24. The topological polar surface area (TPSA) is 37.3 Å². The first kappa shape index (κ1) is 11.2. The largest absolute Gasteiger partial charge is 0.483 e. The molecule has 1 aliphatic rings. The summed E-state index contributed by atoms with van der Waals surface area (Å²) in [7, 11) is 0. The molecule has 0 bridgehead atoms. The van der Waals surface area contributed by atoms with E-state index < -0.39 is 0 Å². The average molecular weight is 170 g/mol. The Morgan fingerprint density at radius 1 is 1.58 bits per heavy atom. The first-order valence-corrected chi connectivity index (χ1v) is 4.24. The fraction of sp³-hybridized carbons (Fsp3) is 0.700. The second kappa shape index (κ2) is 4.96. The van der Waals surface area contributed by atoms with Gasteiger partial charge in [-0.1, -0.05) is 32.9 Å². The van der Waals surface area contributed by atoms with Gasteiger partial charge in [0.15, 0.2) is 0 Å². The van der Waals surface area contributed by atoms with Crippen molar-refractivity contribution >= 4 is 6.47 Å². The van der Waals surface area contributed by atoms with Crippen LogP contribution in [0.4, 0.5) is 0 Å². The maximum absolute atomic E-state index is 8.36. The zero-order valence-corrected chi connectivity index (χ0v) is 8.08. The highest BCUT2D eigenvalue weighted by atomic mass is 16.3. The van der Waals surface area contributed by atoms with Crippen LogP contribution in [0.3, 0.4) is 0 Å². The van der Waals surface area contributed by atoms with Crippen LogP contribution in [0.5, 0.6) is 0 Å². The molecule has 1 rings (SSSR count). The Balaban J connectivity index is 0.000000354. The fourth-order valence-electron chi connectivity index (χ4n) is 1.27. The minimum absolute atomic E-state index is 0.250. The molecule has 0 saturated carbocycles. The Morgan fingerprint density at radius 2 is 2.00 bits per heavy atom. The van der Waals surface area contributed by atoms with Gasteiger partial charge in [-0.3, -0.25) is 4.79 Å². The molecule has 0 aromatic rings. The molecule has 0 amide bonds. The highest BCUT2D eigenvalue weighted by Gasteiger charge is 2.18. The van der Waals surface area contributed by atoms with Crippen molar-refractivity contribution in [3.63, 3.8) is 0 Å². The van der Waals surface area contributed by atoms with E-state index in [-0.39, 0.29) is 6.47 Å². The Hall–Kier alpha value is -0.790. The summed E-state index contributed by atoms with van der Waals surface area (Å²) >= 11 is 0. The molecule has 1 aliphatic carbocycles. The number of hydrogen-bond acceptors (Lipinski definition) is 1. The van der Waals surface area contributed by atoms with Gasteiger partial charge in [-0.2, -0.15) is 0 Å². The summed E-state index contributed by atoms with van der Waals surface area (Å²) in [5, 5.41) is 6.89. The standard InChI is InChI=1S/C9H16.CH2O2/c1-9(2,3)7-8-5-4-6-8;2-1-3/h4-5,8H,6-7H2,1-3H3;1H,(H,2,3). The van der Waals surface area contributed by atoms with Gasteiger partial charge in [0.05, 0.1) is 0 Å². The van der Waals surface area contributed by atoms with Crippen LogP contribution in [0, 0.1) is 11.3 Å². The molecule has 0 radical (unpaired) electrons. The first-order chi connectivity index (χ1) is 5.49. The van der Waals surface area contributed by atoms with E-state index in [9.17, 15) is 0 Å². The van der Waals surface area contributed by atoms with Gasteiger partial charge < -0.3 is 5.11 Å². The van der Waals surface area contributed by atoms with Crippen LogP contribution in [-0.2, 0) is 4.79 Å². The van der Waals surface area contributed by atoms with Crippen LogP contribution >= 0.6 is 0 Å². The van der Waals surface area contributed by atoms with Gasteiger partial charge in [0.25, 0.3) is 6.47 Å². The highest BCUT2D eigenvalue weighted by molar-refractivity contribution is 5.32. The summed E-state index contributed by atoms with van der Waals surface area (Å²) in [6, 6.07) is 0. The lowest BCUT2D eigenvalue weighted by atomic mass is 9.79. The second-order valence-electron chi connectivity index (χ2n) is 4.29. The van der Waals surface area contributed by atoms with Crippen LogP contribution in [0.25, 0.3) is 0 Å². The zero-order chi connectivity index (χ0) is 9.61. The van der Waals surface area contributed by atoms with Gasteiger partial charge in [-0.25, -0.2) is 0 Å². The third kappa shape index (κ3) is 5.96. The van der Waals surface area contributed by atoms with Crippen LogP contribution in [0.2, 0.25) is 0 Å². The summed E-state index contributed by atoms with van der Waals surface area (Å²) in [6.45, 7) is 6.66. The van der Waals surface area contributed by atoms with Crippen molar-refractivity contribution < 1.29 is 9.90 Å². The quantitative estimate of drug-likeness (QED) is 0.485. The van der Waals surface area contributed by atoms with Gasteiger partial charge in [0.1, 0.15) is 0 Å². The molecular formula is C10H18O2. The van der Waals surface area contributed by atoms with Gasteiger partial charge in [-0.15, -0.1) is 0 Å². The van der Waals surface area contributed by atoms with Crippen LogP contribution in [0.15, 0.2) is 12.2 Å². The number of carbonyl (C=O) groups is 1. The molecule has 0 aliphatic heterocycles. The van der Waals surface area contributed by atoms with E-state index in [1.807, 2.05) is 0 Å². The Kier molecular flexibility index (Phi) is 4.64. The van der Waals surface area contributed by atoms with E-state index >= 15 is 0 Å². The molecule has 0 aromatic heterocycles. The summed E-state index contributed by atoms with van der Waals surface area (Å²) in [5.41, 5.74) is 0.523. The number of carboxylic acid groups (broad SMARTS) is 1. The SMILES string of the molecule is CC(C)(C)CC1C=CC1.O=CO. The van der Waals surface area contributed by atoms with Gasteiger partial charge in [0, 0.05) is 0 Å². The lowest BCUT2D eigenvalue weighted by molar-refractivity contribution is -0.122. The summed E-state index contributed by atoms with van der Waals surface area (Å²) < 4.78 is 0. The van der Waals surface area contributed by atoms with E-state index in [2.05, 4.69) is 32.9 Å². The van der Waals surface area contributed by atoms with Gasteiger partial charge in [0.2, 0.25) is 0 Å². The number of rotatable bonds is 1. The van der Waals surface area contributed by atoms with Crippen molar-refractivity contribution in [1.82, 2.24) is 0 Å². The Bertz CT molecular complexity index is 154. The molecule has 0 spiro atoms. The lowest BCUT2D eigenvalue weighted by Gasteiger charge is -2.26. The molecule has 12 heavy (non-hydrogen) atoms. The highest BCUT2D eigenvalue weighted by Crippen LogP contribution is 2.31. The van der Waals surface area contributed by atoms with Crippen molar-refractivity contribution in [3.05, 3.63) is 12.2 Å². The molecule has 0 aromatic carbocycles. The van der Waals surface area contributed by atoms with Crippen molar-refractivity contribution in [1.29, 1.82) is 0 Å². The Morgan fingerprint density at radius 3 is 2.08 bits per heavy atom. The summed E-state index contributed by atoms with van der Waals surface area (Å²) in [5.74, 6) is 0.894. The maximum Gasteiger partial charge on any atom is 0.290 e. The van der Waals surface area contributed by atoms with E-state index in [0.717, 1.165) is 5.92 Å². The van der Waals surface area contributed by atoms with E-state index in [1.165, 1.54) is 12.8 Å². The predicted octanol–water partition coefficient (Wildman–Crippen LogP) is 2.70. The maximum atomic E-state index is 8.36. The lowest BCUT2D eigenvalue weighted by Crippen LogP contribution is -2.14. The fourth-order valence-corrected chi connectivity index (χ4v) is 1.27. The molecule has 1 N–H and O–H groups in total. The smallest absolute Gasteiger partial charge is 0.290 e. The van der Waals surface area contributed by atoms with Crippen molar-refractivity contribution in [2.24, 2.45) is 11.3 Å². The van der Waals surface area contributed by atoms with Crippen molar-refractivity contribution in [2.45, 2.75) is 33.6 Å². The van der Waals surface area contributed by atoms with E-state index in [0.29, 0.717) is 5.41 Å².